The van der Waals surface area contributed by atoms with Gasteiger partial charge in [0, 0.05) is 16.4 Å². The lowest BCUT2D eigenvalue weighted by Gasteiger charge is -2.15. The maximum absolute atomic E-state index is 13.4. The highest BCUT2D eigenvalue weighted by Gasteiger charge is 2.34. The number of hydrogen-bond acceptors (Lipinski definition) is 4. The number of nitrogens with zero attached hydrogens (tertiary/aromatic N) is 1. The summed E-state index contributed by atoms with van der Waals surface area (Å²) in [4.78, 5) is 14.1. The van der Waals surface area contributed by atoms with Crippen LogP contribution in [-0.2, 0) is 12.6 Å². The molecule has 1 fully saturated rings. The Labute approximate surface area is 170 Å². The molecular formula is C22H18F3NO2S. The molecule has 0 saturated heterocycles. The summed E-state index contributed by atoms with van der Waals surface area (Å²) in [5, 5.41) is 3.78. The minimum Gasteiger partial charge on any atom is -0.360 e. The molecule has 150 valence electrons. The van der Waals surface area contributed by atoms with E-state index < -0.39 is 11.7 Å². The summed E-state index contributed by atoms with van der Waals surface area (Å²) < 4.78 is 45.6. The van der Waals surface area contributed by atoms with Gasteiger partial charge in [0.2, 0.25) is 0 Å². The van der Waals surface area contributed by atoms with Gasteiger partial charge in [-0.1, -0.05) is 23.4 Å². The lowest BCUT2D eigenvalue weighted by molar-refractivity contribution is -0.138. The molecule has 1 aliphatic rings. The third kappa shape index (κ3) is 4.10. The maximum Gasteiger partial charge on any atom is 0.416 e. The number of rotatable bonds is 6. The molecule has 7 heteroatoms. The number of alkyl halides is 3. The van der Waals surface area contributed by atoms with Gasteiger partial charge < -0.3 is 4.52 Å². The molecule has 0 N–H and O–H groups in total. The van der Waals surface area contributed by atoms with E-state index in [9.17, 15) is 18.0 Å². The number of carbonyl (C=O) groups is 1. The predicted molar refractivity (Wildman–Crippen MR) is 104 cm³/mol. The van der Waals surface area contributed by atoms with Gasteiger partial charge >= 0.3 is 6.18 Å². The van der Waals surface area contributed by atoms with Crippen molar-refractivity contribution in [3.63, 3.8) is 0 Å². The van der Waals surface area contributed by atoms with Gasteiger partial charge in [-0.2, -0.15) is 13.2 Å². The van der Waals surface area contributed by atoms with E-state index in [4.69, 9.17) is 4.52 Å². The number of carbonyl (C=O) groups excluding carboxylic acids is 1. The lowest BCUT2D eigenvalue weighted by Crippen LogP contribution is -2.11. The molecule has 3 nitrogen and oxygen atoms in total. The molecule has 0 bridgehead atoms. The SMILES string of the molecule is CSc1ccc(C(=O)c2cnoc2C2CC2)c(Cc2ccccc2C(F)(F)F)c1. The quantitative estimate of drug-likeness (QED) is 0.358. The molecule has 0 amide bonds. The minimum absolute atomic E-state index is 0.00913. The van der Waals surface area contributed by atoms with Crippen molar-refractivity contribution >= 4 is 17.5 Å². The molecule has 2 aromatic carbocycles. The van der Waals surface area contributed by atoms with E-state index in [2.05, 4.69) is 5.16 Å². The van der Waals surface area contributed by atoms with Gasteiger partial charge in [0.05, 0.1) is 17.3 Å². The molecule has 0 spiro atoms. The summed E-state index contributed by atoms with van der Waals surface area (Å²) in [5.41, 5.74) is 0.790. The van der Waals surface area contributed by atoms with Crippen LogP contribution < -0.4 is 0 Å². The summed E-state index contributed by atoms with van der Waals surface area (Å²) in [6, 6.07) is 10.8. The summed E-state index contributed by atoms with van der Waals surface area (Å²) in [6.45, 7) is 0. The normalized spacial score (nSPS) is 14.2. The minimum atomic E-state index is -4.45. The van der Waals surface area contributed by atoms with Crippen LogP contribution >= 0.6 is 11.8 Å². The Morgan fingerprint density at radius 2 is 1.90 bits per heavy atom. The molecule has 4 rings (SSSR count). The van der Waals surface area contributed by atoms with Gasteiger partial charge in [0.25, 0.3) is 0 Å². The van der Waals surface area contributed by atoms with Crippen LogP contribution in [0.3, 0.4) is 0 Å². The van der Waals surface area contributed by atoms with E-state index in [0.717, 1.165) is 23.8 Å². The van der Waals surface area contributed by atoms with E-state index in [1.165, 1.54) is 30.1 Å². The highest BCUT2D eigenvalue weighted by atomic mass is 32.2. The van der Waals surface area contributed by atoms with Gasteiger partial charge in [-0.25, -0.2) is 0 Å². The number of ketones is 1. The van der Waals surface area contributed by atoms with Crippen LogP contribution in [0.25, 0.3) is 0 Å². The molecule has 0 aliphatic heterocycles. The van der Waals surface area contributed by atoms with Crippen LogP contribution in [0.1, 0.15) is 57.1 Å². The summed E-state index contributed by atoms with van der Waals surface area (Å²) in [5.74, 6) is 0.516. The fourth-order valence-corrected chi connectivity index (χ4v) is 3.89. The van der Waals surface area contributed by atoms with Crippen molar-refractivity contribution in [2.24, 2.45) is 0 Å². The van der Waals surface area contributed by atoms with Crippen LogP contribution in [0.2, 0.25) is 0 Å². The van der Waals surface area contributed by atoms with Gasteiger partial charge in [0.15, 0.2) is 11.5 Å². The van der Waals surface area contributed by atoms with Crippen molar-refractivity contribution in [2.75, 3.05) is 6.26 Å². The standard InChI is InChI=1S/C22H18F3NO2S/c1-29-16-8-9-17(20(27)18-12-26-28-21(18)13-6-7-13)15(11-16)10-14-4-2-3-5-19(14)22(23,24)25/h2-5,8-9,11-13H,6-7,10H2,1H3. The summed E-state index contributed by atoms with van der Waals surface area (Å²) >= 11 is 1.47. The molecule has 1 aromatic heterocycles. The summed E-state index contributed by atoms with van der Waals surface area (Å²) in [7, 11) is 0. The molecule has 29 heavy (non-hydrogen) atoms. The van der Waals surface area contributed by atoms with Crippen LogP contribution in [0.15, 0.2) is 58.1 Å². The van der Waals surface area contributed by atoms with Crippen molar-refractivity contribution in [3.05, 3.63) is 82.2 Å². The number of benzene rings is 2. The van der Waals surface area contributed by atoms with Crippen LogP contribution in [0.5, 0.6) is 0 Å². The Balaban J connectivity index is 1.76. The zero-order valence-corrected chi connectivity index (χ0v) is 16.4. The Kier molecular flexibility index (Phi) is 5.25. The Morgan fingerprint density at radius 1 is 1.14 bits per heavy atom. The lowest BCUT2D eigenvalue weighted by atomic mass is 9.92. The van der Waals surface area contributed by atoms with Gasteiger partial charge in [-0.3, -0.25) is 4.79 Å². The summed E-state index contributed by atoms with van der Waals surface area (Å²) in [6.07, 6.45) is 0.751. The fraction of sp³-hybridized carbons (Fsp3) is 0.273. The van der Waals surface area contributed by atoms with E-state index in [-0.39, 0.29) is 23.7 Å². The average Bonchev–Trinajstić information content (AvgIpc) is 3.43. The molecule has 1 heterocycles. The second-order valence-electron chi connectivity index (χ2n) is 7.06. The Morgan fingerprint density at radius 3 is 2.59 bits per heavy atom. The number of aromatic nitrogens is 1. The average molecular weight is 417 g/mol. The Hall–Kier alpha value is -2.54. The molecule has 0 unspecified atom stereocenters. The van der Waals surface area contributed by atoms with Crippen molar-refractivity contribution in [3.8, 4) is 0 Å². The van der Waals surface area contributed by atoms with Crippen molar-refractivity contribution in [2.45, 2.75) is 36.3 Å². The molecular weight excluding hydrogens is 399 g/mol. The monoisotopic (exact) mass is 417 g/mol. The predicted octanol–water partition coefficient (Wildman–Crippen LogP) is 6.11. The zero-order valence-electron chi connectivity index (χ0n) is 15.6. The molecule has 1 aliphatic carbocycles. The Bertz CT molecular complexity index is 1050. The third-order valence-electron chi connectivity index (χ3n) is 5.05. The van der Waals surface area contributed by atoms with E-state index in [1.54, 1.807) is 24.3 Å². The first-order valence-corrected chi connectivity index (χ1v) is 10.4. The van der Waals surface area contributed by atoms with Crippen molar-refractivity contribution in [1.29, 1.82) is 0 Å². The second-order valence-corrected chi connectivity index (χ2v) is 7.94. The smallest absolute Gasteiger partial charge is 0.360 e. The first-order chi connectivity index (χ1) is 13.9. The van der Waals surface area contributed by atoms with Crippen molar-refractivity contribution < 1.29 is 22.5 Å². The van der Waals surface area contributed by atoms with Gasteiger partial charge in [-0.05, 0) is 60.9 Å². The first kappa shape index (κ1) is 19.8. The van der Waals surface area contributed by atoms with Crippen LogP contribution in [-0.4, -0.2) is 17.2 Å². The highest BCUT2D eigenvalue weighted by Crippen LogP contribution is 2.42. The topological polar surface area (TPSA) is 43.1 Å². The largest absolute Gasteiger partial charge is 0.416 e. The van der Waals surface area contributed by atoms with Crippen LogP contribution in [0, 0.1) is 0 Å². The fourth-order valence-electron chi connectivity index (χ4n) is 3.43. The van der Waals surface area contributed by atoms with E-state index in [1.807, 2.05) is 6.26 Å². The molecule has 3 aromatic rings. The maximum atomic E-state index is 13.4. The molecule has 1 saturated carbocycles. The molecule has 0 radical (unpaired) electrons. The second kappa shape index (κ2) is 7.71. The van der Waals surface area contributed by atoms with Crippen LogP contribution in [0.4, 0.5) is 13.2 Å². The van der Waals surface area contributed by atoms with Gasteiger partial charge in [-0.15, -0.1) is 11.8 Å². The molecule has 0 atom stereocenters. The first-order valence-electron chi connectivity index (χ1n) is 9.19. The van der Waals surface area contributed by atoms with E-state index in [0.29, 0.717) is 22.5 Å². The number of hydrogen-bond donors (Lipinski definition) is 0. The number of thioether (sulfide) groups is 1. The third-order valence-corrected chi connectivity index (χ3v) is 5.78. The van der Waals surface area contributed by atoms with Crippen molar-refractivity contribution in [1.82, 2.24) is 5.16 Å². The highest BCUT2D eigenvalue weighted by molar-refractivity contribution is 7.98. The number of halogens is 3. The zero-order chi connectivity index (χ0) is 20.6. The van der Waals surface area contributed by atoms with Gasteiger partial charge in [0.1, 0.15) is 0 Å². The van der Waals surface area contributed by atoms with E-state index >= 15 is 0 Å².